The number of nitrogens with one attached hydrogen (secondary N) is 1. The van der Waals surface area contributed by atoms with E-state index in [1.165, 1.54) is 11.1 Å². The van der Waals surface area contributed by atoms with Crippen LogP contribution in [-0.4, -0.2) is 29.4 Å². The molecule has 2 rings (SSSR count). The molecule has 0 atom stereocenters. The summed E-state index contributed by atoms with van der Waals surface area (Å²) < 4.78 is 6.74. The minimum Gasteiger partial charge on any atom is -0.385 e. The molecule has 0 aliphatic heterocycles. The number of hydrogen-bond acceptors (Lipinski definition) is 3. The van der Waals surface area contributed by atoms with Crippen molar-refractivity contribution in [3.05, 3.63) is 47.8 Å². The number of aromatic nitrogens is 2. The summed E-state index contributed by atoms with van der Waals surface area (Å²) in [6.07, 6.45) is 4.69. The van der Waals surface area contributed by atoms with Crippen LogP contribution in [-0.2, 0) is 16.1 Å². The Kier molecular flexibility index (Phi) is 5.51. The molecule has 1 heterocycles. The van der Waals surface area contributed by atoms with Crippen LogP contribution in [0.2, 0.25) is 0 Å². The molecule has 0 radical (unpaired) electrons. The third-order valence-corrected chi connectivity index (χ3v) is 3.13. The predicted octanol–water partition coefficient (Wildman–Crippen LogP) is 2.60. The second-order valence-corrected chi connectivity index (χ2v) is 5.06. The summed E-state index contributed by atoms with van der Waals surface area (Å²) in [5.41, 5.74) is 3.15. The van der Waals surface area contributed by atoms with Crippen LogP contribution in [0.25, 0.3) is 0 Å². The van der Waals surface area contributed by atoms with Gasteiger partial charge in [0.25, 0.3) is 0 Å². The van der Waals surface area contributed by atoms with Gasteiger partial charge in [0.1, 0.15) is 0 Å². The number of hydrogen-bond donors (Lipinski definition) is 1. The molecule has 0 saturated heterocycles. The highest BCUT2D eigenvalue weighted by Gasteiger charge is 2.05. The highest BCUT2D eigenvalue weighted by molar-refractivity contribution is 5.90. The Morgan fingerprint density at radius 2 is 2.10 bits per heavy atom. The van der Waals surface area contributed by atoms with E-state index in [-0.39, 0.29) is 5.91 Å². The third kappa shape index (κ3) is 5.04. The van der Waals surface area contributed by atoms with E-state index in [0.717, 1.165) is 12.1 Å². The number of carbonyl (C=O) groups excluding carboxylic acids is 1. The second-order valence-electron chi connectivity index (χ2n) is 5.06. The van der Waals surface area contributed by atoms with Gasteiger partial charge in [0.2, 0.25) is 5.91 Å². The smallest absolute Gasteiger partial charge is 0.224 e. The topological polar surface area (TPSA) is 56.1 Å². The van der Waals surface area contributed by atoms with E-state index < -0.39 is 0 Å². The fraction of sp³-hybridized carbons (Fsp3) is 0.375. The van der Waals surface area contributed by atoms with Crippen LogP contribution in [0.4, 0.5) is 5.69 Å². The molecule has 0 aliphatic rings. The van der Waals surface area contributed by atoms with Crippen molar-refractivity contribution < 1.29 is 9.53 Å². The number of carbonyl (C=O) groups is 1. The lowest BCUT2D eigenvalue weighted by atomic mass is 10.1. The van der Waals surface area contributed by atoms with Gasteiger partial charge in [-0.15, -0.1) is 0 Å². The van der Waals surface area contributed by atoms with E-state index in [0.29, 0.717) is 19.6 Å². The highest BCUT2D eigenvalue weighted by atomic mass is 16.5. The summed E-state index contributed by atoms with van der Waals surface area (Å²) in [5.74, 6) is -0.0121. The van der Waals surface area contributed by atoms with E-state index in [4.69, 9.17) is 4.74 Å². The van der Waals surface area contributed by atoms with Crippen LogP contribution in [0.5, 0.6) is 0 Å². The Morgan fingerprint density at radius 3 is 2.81 bits per heavy atom. The van der Waals surface area contributed by atoms with Crippen molar-refractivity contribution in [2.24, 2.45) is 0 Å². The molecule has 0 unspecified atom stereocenters. The number of methoxy groups -OCH3 is 1. The number of ether oxygens (including phenoxy) is 1. The minimum absolute atomic E-state index is 0.0121. The zero-order valence-corrected chi connectivity index (χ0v) is 12.5. The number of nitrogens with zero attached hydrogens (tertiary/aromatic N) is 2. The molecule has 0 fully saturated rings. The Bertz CT molecular complexity index is 575. The molecule has 2 aromatic rings. The van der Waals surface area contributed by atoms with Crippen LogP contribution >= 0.6 is 0 Å². The monoisotopic (exact) mass is 287 g/mol. The molecule has 5 heteroatoms. The van der Waals surface area contributed by atoms with Crippen molar-refractivity contribution in [3.8, 4) is 0 Å². The molecule has 1 aromatic carbocycles. The Labute approximate surface area is 124 Å². The average Bonchev–Trinajstić information content (AvgIpc) is 2.89. The largest absolute Gasteiger partial charge is 0.385 e. The number of aryl methyl sites for hydroxylation is 1. The summed E-state index contributed by atoms with van der Waals surface area (Å²) in [4.78, 5) is 11.7. The van der Waals surface area contributed by atoms with Crippen LogP contribution in [0.15, 0.2) is 36.7 Å². The summed E-state index contributed by atoms with van der Waals surface area (Å²) in [6, 6.07) is 8.33. The van der Waals surface area contributed by atoms with Gasteiger partial charge in [0.05, 0.1) is 18.4 Å². The molecule has 1 amide bonds. The minimum atomic E-state index is -0.0121. The van der Waals surface area contributed by atoms with Gasteiger partial charge in [0.15, 0.2) is 0 Å². The normalized spacial score (nSPS) is 10.6. The molecule has 0 saturated carbocycles. The van der Waals surface area contributed by atoms with Crippen molar-refractivity contribution in [1.82, 2.24) is 9.78 Å². The molecule has 21 heavy (non-hydrogen) atoms. The van der Waals surface area contributed by atoms with Crippen molar-refractivity contribution >= 4 is 11.6 Å². The van der Waals surface area contributed by atoms with Crippen LogP contribution in [0.3, 0.4) is 0 Å². The molecular weight excluding hydrogens is 266 g/mol. The zero-order valence-electron chi connectivity index (χ0n) is 12.5. The number of benzene rings is 1. The molecule has 112 valence electrons. The lowest BCUT2D eigenvalue weighted by Gasteiger charge is -2.03. The number of anilines is 1. The van der Waals surface area contributed by atoms with E-state index in [9.17, 15) is 4.79 Å². The fourth-order valence-corrected chi connectivity index (χ4v) is 2.00. The third-order valence-electron chi connectivity index (χ3n) is 3.13. The van der Waals surface area contributed by atoms with Gasteiger partial charge in [-0.25, -0.2) is 0 Å². The van der Waals surface area contributed by atoms with Crippen molar-refractivity contribution in [2.45, 2.75) is 26.3 Å². The van der Waals surface area contributed by atoms with Crippen LogP contribution in [0.1, 0.15) is 24.0 Å². The predicted molar refractivity (Wildman–Crippen MR) is 82.2 cm³/mol. The first-order valence-corrected chi connectivity index (χ1v) is 7.04. The summed E-state index contributed by atoms with van der Waals surface area (Å²) in [5, 5.41) is 7.10. The second kappa shape index (κ2) is 7.59. The maximum Gasteiger partial charge on any atom is 0.224 e. The van der Waals surface area contributed by atoms with Crippen molar-refractivity contribution in [2.75, 3.05) is 19.0 Å². The first-order chi connectivity index (χ1) is 10.2. The summed E-state index contributed by atoms with van der Waals surface area (Å²) in [7, 11) is 1.63. The van der Waals surface area contributed by atoms with Gasteiger partial charge in [-0.2, -0.15) is 5.10 Å². The van der Waals surface area contributed by atoms with Gasteiger partial charge in [-0.3, -0.25) is 9.48 Å². The number of rotatable bonds is 7. The quantitative estimate of drug-likeness (QED) is 0.796. The molecular formula is C16H21N3O2. The van der Waals surface area contributed by atoms with E-state index >= 15 is 0 Å². The van der Waals surface area contributed by atoms with Gasteiger partial charge in [-0.1, -0.05) is 29.8 Å². The van der Waals surface area contributed by atoms with Gasteiger partial charge in [0, 0.05) is 26.3 Å². The van der Waals surface area contributed by atoms with Gasteiger partial charge < -0.3 is 10.1 Å². The lowest BCUT2D eigenvalue weighted by molar-refractivity contribution is -0.116. The Morgan fingerprint density at radius 1 is 1.33 bits per heavy atom. The van der Waals surface area contributed by atoms with E-state index in [2.05, 4.69) is 41.6 Å². The molecule has 1 aromatic heterocycles. The maximum atomic E-state index is 11.7. The summed E-state index contributed by atoms with van der Waals surface area (Å²) in [6.45, 7) is 3.36. The lowest BCUT2D eigenvalue weighted by Crippen LogP contribution is -2.11. The van der Waals surface area contributed by atoms with Crippen LogP contribution in [0, 0.1) is 6.92 Å². The van der Waals surface area contributed by atoms with Gasteiger partial charge in [-0.05, 0) is 18.9 Å². The van der Waals surface area contributed by atoms with Gasteiger partial charge >= 0.3 is 0 Å². The van der Waals surface area contributed by atoms with Crippen molar-refractivity contribution in [1.29, 1.82) is 0 Å². The Hall–Kier alpha value is -2.14. The Balaban J connectivity index is 1.86. The number of amides is 1. The molecule has 0 bridgehead atoms. The SMILES string of the molecule is COCCCC(=O)Nc1cnn(Cc2ccc(C)cc2)c1. The van der Waals surface area contributed by atoms with E-state index in [1.807, 2.05) is 10.9 Å². The van der Waals surface area contributed by atoms with Crippen molar-refractivity contribution in [3.63, 3.8) is 0 Å². The fourth-order valence-electron chi connectivity index (χ4n) is 2.00. The van der Waals surface area contributed by atoms with E-state index in [1.54, 1.807) is 13.3 Å². The zero-order chi connectivity index (χ0) is 15.1. The standard InChI is InChI=1S/C16H21N3O2/c1-13-5-7-14(8-6-13)11-19-12-15(10-17-19)18-16(20)4-3-9-21-2/h5-8,10,12H,3-4,9,11H2,1-2H3,(H,18,20). The first kappa shape index (κ1) is 15.3. The summed E-state index contributed by atoms with van der Waals surface area (Å²) >= 11 is 0. The maximum absolute atomic E-state index is 11.7. The first-order valence-electron chi connectivity index (χ1n) is 7.04. The molecule has 1 N–H and O–H groups in total. The average molecular weight is 287 g/mol. The molecule has 0 spiro atoms. The highest BCUT2D eigenvalue weighted by Crippen LogP contribution is 2.09. The molecule has 0 aliphatic carbocycles. The molecule has 5 nitrogen and oxygen atoms in total. The van der Waals surface area contributed by atoms with Crippen LogP contribution < -0.4 is 5.32 Å².